The summed E-state index contributed by atoms with van der Waals surface area (Å²) >= 11 is 0. The molecule has 134 valence electrons. The lowest BCUT2D eigenvalue weighted by Crippen LogP contribution is -2.30. The Labute approximate surface area is 144 Å². The van der Waals surface area contributed by atoms with Crippen molar-refractivity contribution in [3.05, 3.63) is 50.9 Å². The molecule has 4 N–H and O–H groups in total. The van der Waals surface area contributed by atoms with Gasteiger partial charge in [-0.05, 0) is 12.1 Å². The van der Waals surface area contributed by atoms with Gasteiger partial charge in [-0.2, -0.15) is 5.10 Å². The molecule has 2 heterocycles. The van der Waals surface area contributed by atoms with Crippen LogP contribution in [0, 0.1) is 0 Å². The average Bonchev–Trinajstić information content (AvgIpc) is 2.99. The Balaban J connectivity index is 1.76. The van der Waals surface area contributed by atoms with Crippen LogP contribution < -0.4 is 16.7 Å². The average molecular weight is 358 g/mol. The molecule has 11 nitrogen and oxygen atoms in total. The van der Waals surface area contributed by atoms with Crippen molar-refractivity contribution in [1.82, 2.24) is 24.5 Å². The van der Waals surface area contributed by atoms with E-state index in [1.165, 1.54) is 36.3 Å². The number of hydrazone groups is 1. The Morgan fingerprint density at radius 3 is 2.88 bits per heavy atom. The van der Waals surface area contributed by atoms with Gasteiger partial charge in [-0.15, -0.1) is 0 Å². The van der Waals surface area contributed by atoms with Crippen LogP contribution >= 0.6 is 0 Å². The number of aromatic nitrogens is 4. The summed E-state index contributed by atoms with van der Waals surface area (Å²) in [4.78, 5) is 41.6. The number of hydrogen-bond acceptors (Lipinski definition) is 7. The van der Waals surface area contributed by atoms with E-state index in [-0.39, 0.29) is 29.2 Å². The number of phenols is 2. The van der Waals surface area contributed by atoms with Gasteiger partial charge >= 0.3 is 5.69 Å². The van der Waals surface area contributed by atoms with Gasteiger partial charge < -0.3 is 14.8 Å². The molecule has 0 aliphatic carbocycles. The minimum absolute atomic E-state index is 0.0856. The number of phenolic OH excluding ortho intramolecular Hbond substituents is 2. The lowest BCUT2D eigenvalue weighted by molar-refractivity contribution is -0.121. The highest BCUT2D eigenvalue weighted by Gasteiger charge is 2.13. The molecule has 0 radical (unpaired) electrons. The van der Waals surface area contributed by atoms with Crippen molar-refractivity contribution in [2.75, 3.05) is 0 Å². The molecular weight excluding hydrogens is 344 g/mol. The molecule has 2 aromatic heterocycles. The number of H-pyrrole nitrogens is 1. The maximum atomic E-state index is 12.0. The molecule has 1 aromatic carbocycles. The normalized spacial score (nSPS) is 11.3. The van der Waals surface area contributed by atoms with E-state index in [1.807, 2.05) is 0 Å². The number of nitrogens with one attached hydrogen (secondary N) is 2. The first-order chi connectivity index (χ1) is 12.4. The topological polar surface area (TPSA) is 155 Å². The number of amides is 1. The number of fused-ring (bicyclic) bond motifs is 1. The predicted molar refractivity (Wildman–Crippen MR) is 91.1 cm³/mol. The van der Waals surface area contributed by atoms with Crippen LogP contribution in [0.3, 0.4) is 0 Å². The van der Waals surface area contributed by atoms with E-state index >= 15 is 0 Å². The van der Waals surface area contributed by atoms with Gasteiger partial charge in [-0.1, -0.05) is 0 Å². The zero-order chi connectivity index (χ0) is 18.8. The van der Waals surface area contributed by atoms with E-state index in [9.17, 15) is 24.6 Å². The lowest BCUT2D eigenvalue weighted by atomic mass is 10.2. The summed E-state index contributed by atoms with van der Waals surface area (Å²) in [6, 6.07) is 3.91. The zero-order valence-electron chi connectivity index (χ0n) is 13.5. The number of rotatable bonds is 4. The van der Waals surface area contributed by atoms with Crippen molar-refractivity contribution in [2.24, 2.45) is 12.1 Å². The summed E-state index contributed by atoms with van der Waals surface area (Å²) in [5.41, 5.74) is 1.54. The molecule has 3 rings (SSSR count). The highest BCUT2D eigenvalue weighted by Crippen LogP contribution is 2.20. The minimum Gasteiger partial charge on any atom is -0.508 e. The van der Waals surface area contributed by atoms with Crippen LogP contribution in [-0.4, -0.2) is 41.4 Å². The number of aromatic hydroxyl groups is 2. The second kappa shape index (κ2) is 6.55. The Bertz CT molecular complexity index is 1140. The zero-order valence-corrected chi connectivity index (χ0v) is 13.5. The number of imidazole rings is 1. The summed E-state index contributed by atoms with van der Waals surface area (Å²) in [6.45, 7) is -0.253. The van der Waals surface area contributed by atoms with Crippen LogP contribution in [0.4, 0.5) is 0 Å². The summed E-state index contributed by atoms with van der Waals surface area (Å²) in [5, 5.41) is 22.5. The maximum absolute atomic E-state index is 12.0. The summed E-state index contributed by atoms with van der Waals surface area (Å²) in [6.07, 6.45) is 2.48. The first-order valence-corrected chi connectivity index (χ1v) is 7.35. The van der Waals surface area contributed by atoms with Gasteiger partial charge in [0.15, 0.2) is 11.2 Å². The number of hydrogen-bond donors (Lipinski definition) is 4. The van der Waals surface area contributed by atoms with E-state index in [0.29, 0.717) is 5.56 Å². The molecular formula is C15H14N6O5. The van der Waals surface area contributed by atoms with Crippen molar-refractivity contribution < 1.29 is 15.0 Å². The van der Waals surface area contributed by atoms with Gasteiger partial charge in [-0.3, -0.25) is 19.1 Å². The van der Waals surface area contributed by atoms with Crippen molar-refractivity contribution in [3.8, 4) is 11.5 Å². The van der Waals surface area contributed by atoms with Crippen molar-refractivity contribution in [3.63, 3.8) is 0 Å². The molecule has 0 aliphatic rings. The van der Waals surface area contributed by atoms with Crippen LogP contribution in [0.1, 0.15) is 5.56 Å². The molecule has 11 heteroatoms. The Hall–Kier alpha value is -3.89. The smallest absolute Gasteiger partial charge is 0.329 e. The van der Waals surface area contributed by atoms with Gasteiger partial charge in [0.1, 0.15) is 18.0 Å². The van der Waals surface area contributed by atoms with Gasteiger partial charge in [0.2, 0.25) is 0 Å². The summed E-state index contributed by atoms with van der Waals surface area (Å²) in [7, 11) is 1.45. The SMILES string of the molecule is Cn1c(=O)[nH]c(=O)c2c1ncn2CC(=O)N/N=C/c1ccc(O)cc1O. The first-order valence-electron chi connectivity index (χ1n) is 7.35. The number of carbonyl (C=O) groups excluding carboxylic acids is 1. The Morgan fingerprint density at radius 1 is 1.38 bits per heavy atom. The maximum Gasteiger partial charge on any atom is 0.329 e. The molecule has 0 bridgehead atoms. The fourth-order valence-corrected chi connectivity index (χ4v) is 2.31. The van der Waals surface area contributed by atoms with E-state index in [0.717, 1.165) is 10.6 Å². The van der Waals surface area contributed by atoms with Crippen molar-refractivity contribution in [1.29, 1.82) is 0 Å². The van der Waals surface area contributed by atoms with Gasteiger partial charge in [0, 0.05) is 18.7 Å². The number of benzene rings is 1. The monoisotopic (exact) mass is 358 g/mol. The molecule has 3 aromatic rings. The predicted octanol–water partition coefficient (Wildman–Crippen LogP) is -1.02. The number of nitrogens with zero attached hydrogens (tertiary/aromatic N) is 4. The van der Waals surface area contributed by atoms with E-state index in [1.54, 1.807) is 0 Å². The van der Waals surface area contributed by atoms with Crippen LogP contribution in [-0.2, 0) is 18.4 Å². The standard InChI is InChI=1S/C15H14N6O5/c1-20-13-12(14(25)18-15(20)26)21(7-16-13)6-11(24)19-17-5-8-2-3-9(22)4-10(8)23/h2-5,7,22-23H,6H2,1H3,(H,19,24)(H,18,25,26)/b17-5+. The second-order valence-corrected chi connectivity index (χ2v) is 5.40. The van der Waals surface area contributed by atoms with Crippen LogP contribution in [0.25, 0.3) is 11.2 Å². The number of aryl methyl sites for hydroxylation is 1. The summed E-state index contributed by atoms with van der Waals surface area (Å²) < 4.78 is 2.45. The Morgan fingerprint density at radius 2 is 2.15 bits per heavy atom. The molecule has 0 saturated carbocycles. The van der Waals surface area contributed by atoms with Crippen molar-refractivity contribution in [2.45, 2.75) is 6.54 Å². The lowest BCUT2D eigenvalue weighted by Gasteiger charge is -2.03. The molecule has 0 atom stereocenters. The van der Waals surface area contributed by atoms with Gasteiger partial charge in [0.25, 0.3) is 11.5 Å². The highest BCUT2D eigenvalue weighted by atomic mass is 16.3. The largest absolute Gasteiger partial charge is 0.508 e. The third-order valence-electron chi connectivity index (χ3n) is 3.60. The summed E-state index contributed by atoms with van der Waals surface area (Å²) in [5.74, 6) is -0.849. The van der Waals surface area contributed by atoms with Gasteiger partial charge in [0.05, 0.1) is 12.5 Å². The molecule has 0 aliphatic heterocycles. The third-order valence-corrected chi connectivity index (χ3v) is 3.60. The molecule has 0 spiro atoms. The highest BCUT2D eigenvalue weighted by molar-refractivity contribution is 5.85. The van der Waals surface area contributed by atoms with Crippen LogP contribution in [0.2, 0.25) is 0 Å². The fraction of sp³-hybridized carbons (Fsp3) is 0.133. The molecule has 0 saturated heterocycles. The molecule has 26 heavy (non-hydrogen) atoms. The quantitative estimate of drug-likeness (QED) is 0.346. The van der Waals surface area contributed by atoms with E-state index < -0.39 is 17.2 Å². The van der Waals surface area contributed by atoms with Crippen molar-refractivity contribution >= 4 is 23.3 Å². The minimum atomic E-state index is -0.647. The third kappa shape index (κ3) is 3.17. The van der Waals surface area contributed by atoms with E-state index in [2.05, 4.69) is 20.5 Å². The van der Waals surface area contributed by atoms with Crippen LogP contribution in [0.5, 0.6) is 11.5 Å². The second-order valence-electron chi connectivity index (χ2n) is 5.40. The Kier molecular flexibility index (Phi) is 4.27. The van der Waals surface area contributed by atoms with Gasteiger partial charge in [-0.25, -0.2) is 15.2 Å². The molecule has 0 fully saturated rings. The molecule has 1 amide bonds. The fourth-order valence-electron chi connectivity index (χ4n) is 2.31. The van der Waals surface area contributed by atoms with Crippen LogP contribution in [0.15, 0.2) is 39.2 Å². The number of carbonyl (C=O) groups is 1. The first kappa shape index (κ1) is 17.0. The van der Waals surface area contributed by atoms with E-state index in [4.69, 9.17) is 0 Å². The molecule has 0 unspecified atom stereocenters. The number of aromatic amines is 1.